The molecule has 0 saturated carbocycles. The molecule has 1 fully saturated rings. The third-order valence-corrected chi connectivity index (χ3v) is 3.01. The predicted molar refractivity (Wildman–Crippen MR) is 65.2 cm³/mol. The average Bonchev–Trinajstić information content (AvgIpc) is 2.81. The molecule has 1 saturated heterocycles. The van der Waals surface area contributed by atoms with E-state index in [1.807, 2.05) is 0 Å². The number of nitrogens with zero attached hydrogens (tertiary/aromatic N) is 3. The molecular weight excluding hydrogens is 216 g/mol. The zero-order chi connectivity index (χ0) is 13.0. The molecule has 0 unspecified atom stereocenters. The lowest BCUT2D eigenvalue weighted by Crippen LogP contribution is -2.46. The minimum Gasteiger partial charge on any atom is -0.332 e. The zero-order valence-corrected chi connectivity index (χ0v) is 10.9. The van der Waals surface area contributed by atoms with Crippen LogP contribution in [-0.4, -0.2) is 37.5 Å². The lowest BCUT2D eigenvalue weighted by molar-refractivity contribution is -0.933. The molecule has 1 heterocycles. The molecule has 17 heavy (non-hydrogen) atoms. The molecule has 0 aromatic heterocycles. The van der Waals surface area contributed by atoms with Gasteiger partial charge in [0, 0.05) is 12.8 Å². The fourth-order valence-corrected chi connectivity index (χ4v) is 1.97. The van der Waals surface area contributed by atoms with Crippen molar-refractivity contribution in [2.75, 3.05) is 33.0 Å². The van der Waals surface area contributed by atoms with Gasteiger partial charge in [-0.2, -0.15) is 10.5 Å². The van der Waals surface area contributed by atoms with Gasteiger partial charge in [-0.05, 0) is 13.3 Å². The van der Waals surface area contributed by atoms with Crippen LogP contribution in [-0.2, 0) is 4.74 Å². The molecule has 0 spiro atoms. The fourth-order valence-electron chi connectivity index (χ4n) is 1.97. The molecule has 0 aliphatic carbocycles. The van der Waals surface area contributed by atoms with Gasteiger partial charge in [0.05, 0.1) is 26.2 Å². The Kier molecular flexibility index (Phi) is 9.14. The Labute approximate surface area is 104 Å². The van der Waals surface area contributed by atoms with E-state index >= 15 is 0 Å². The minimum atomic E-state index is 0.931. The van der Waals surface area contributed by atoms with Gasteiger partial charge in [-0.25, -0.2) is 5.32 Å². The highest BCUT2D eigenvalue weighted by Crippen LogP contribution is 2.18. The van der Waals surface area contributed by atoms with Crippen molar-refractivity contribution in [3.63, 3.8) is 0 Å². The molecule has 96 valence electrons. The van der Waals surface area contributed by atoms with Gasteiger partial charge in [-0.3, -0.25) is 0 Å². The SMILES string of the molecule is CCCOC[N+]1(CC)CCCC1.N#CNC#N. The van der Waals surface area contributed by atoms with E-state index in [0.717, 1.165) is 19.8 Å². The maximum absolute atomic E-state index is 7.48. The molecule has 0 radical (unpaired) electrons. The molecule has 1 aliphatic rings. The highest BCUT2D eigenvalue weighted by molar-refractivity contribution is 4.77. The van der Waals surface area contributed by atoms with Crippen LogP contribution in [0.5, 0.6) is 0 Å². The van der Waals surface area contributed by atoms with Crippen molar-refractivity contribution in [3.05, 3.63) is 0 Å². The molecule has 0 aromatic carbocycles. The van der Waals surface area contributed by atoms with Gasteiger partial charge in [-0.1, -0.05) is 6.92 Å². The van der Waals surface area contributed by atoms with Crippen molar-refractivity contribution in [2.24, 2.45) is 0 Å². The number of hydrogen-bond donors (Lipinski definition) is 1. The molecule has 1 aliphatic heterocycles. The largest absolute Gasteiger partial charge is 0.332 e. The quantitative estimate of drug-likeness (QED) is 0.342. The van der Waals surface area contributed by atoms with Crippen LogP contribution in [0.25, 0.3) is 0 Å². The minimum absolute atomic E-state index is 0.931. The van der Waals surface area contributed by atoms with E-state index in [-0.39, 0.29) is 0 Å². The Balaban J connectivity index is 0.000000437. The summed E-state index contributed by atoms with van der Waals surface area (Å²) in [6.45, 7) is 10.2. The van der Waals surface area contributed by atoms with Crippen LogP contribution in [0, 0.1) is 22.9 Å². The normalized spacial score (nSPS) is 16.2. The monoisotopic (exact) mass is 239 g/mol. The van der Waals surface area contributed by atoms with Gasteiger partial charge >= 0.3 is 0 Å². The number of ether oxygens (including phenoxy) is 1. The maximum atomic E-state index is 7.48. The van der Waals surface area contributed by atoms with E-state index in [1.165, 1.54) is 49.3 Å². The standard InChI is InChI=1S/C10H22NO.C2HN3/c1-3-9-12-10-11(4-2)7-5-6-8-11;3-1-5-2-4/h3-10H2,1-2H3;5H/q+1;. The Morgan fingerprint density at radius 3 is 2.12 bits per heavy atom. The number of quaternary nitrogens is 1. The maximum Gasteiger partial charge on any atom is 0.190 e. The first-order valence-electron chi connectivity index (χ1n) is 6.20. The number of nitriles is 2. The van der Waals surface area contributed by atoms with E-state index in [9.17, 15) is 0 Å². The molecule has 0 bridgehead atoms. The van der Waals surface area contributed by atoms with Gasteiger partial charge in [0.25, 0.3) is 0 Å². The van der Waals surface area contributed by atoms with E-state index in [0.29, 0.717) is 0 Å². The van der Waals surface area contributed by atoms with Gasteiger partial charge in [0.15, 0.2) is 19.1 Å². The number of rotatable bonds is 5. The average molecular weight is 239 g/mol. The third-order valence-electron chi connectivity index (χ3n) is 3.01. The Hall–Kier alpha value is -1.30. The summed E-state index contributed by atoms with van der Waals surface area (Å²) in [5.74, 6) is 0. The molecular formula is C12H23N4O+. The van der Waals surface area contributed by atoms with E-state index in [2.05, 4.69) is 13.8 Å². The molecule has 1 rings (SSSR count). The van der Waals surface area contributed by atoms with Crippen LogP contribution < -0.4 is 5.32 Å². The third kappa shape index (κ3) is 6.78. The van der Waals surface area contributed by atoms with E-state index in [1.54, 1.807) is 5.32 Å². The van der Waals surface area contributed by atoms with Crippen molar-refractivity contribution >= 4 is 0 Å². The fraction of sp³-hybridized carbons (Fsp3) is 0.833. The molecule has 1 N–H and O–H groups in total. The summed E-state index contributed by atoms with van der Waals surface area (Å²) in [5.41, 5.74) is 0. The molecule has 5 nitrogen and oxygen atoms in total. The summed E-state index contributed by atoms with van der Waals surface area (Å²) in [4.78, 5) is 0. The van der Waals surface area contributed by atoms with Crippen LogP contribution in [0.2, 0.25) is 0 Å². The van der Waals surface area contributed by atoms with E-state index in [4.69, 9.17) is 15.3 Å². The van der Waals surface area contributed by atoms with Crippen LogP contribution >= 0.6 is 0 Å². The van der Waals surface area contributed by atoms with Crippen molar-refractivity contribution in [1.82, 2.24) is 5.32 Å². The smallest absolute Gasteiger partial charge is 0.190 e. The summed E-state index contributed by atoms with van der Waals surface area (Å²) < 4.78 is 6.84. The number of hydrogen-bond acceptors (Lipinski definition) is 4. The summed E-state index contributed by atoms with van der Waals surface area (Å²) in [7, 11) is 0. The first-order valence-corrected chi connectivity index (χ1v) is 6.20. The van der Waals surface area contributed by atoms with E-state index < -0.39 is 0 Å². The van der Waals surface area contributed by atoms with Crippen molar-refractivity contribution < 1.29 is 9.22 Å². The van der Waals surface area contributed by atoms with Crippen molar-refractivity contribution in [3.8, 4) is 12.4 Å². The van der Waals surface area contributed by atoms with Crippen LogP contribution in [0.3, 0.4) is 0 Å². The van der Waals surface area contributed by atoms with Crippen molar-refractivity contribution in [1.29, 1.82) is 10.5 Å². The highest BCUT2D eigenvalue weighted by Gasteiger charge is 2.29. The topological polar surface area (TPSA) is 68.8 Å². The lowest BCUT2D eigenvalue weighted by Gasteiger charge is -2.32. The second kappa shape index (κ2) is 9.89. The summed E-state index contributed by atoms with van der Waals surface area (Å²) >= 11 is 0. The van der Waals surface area contributed by atoms with Crippen LogP contribution in [0.1, 0.15) is 33.1 Å². The Morgan fingerprint density at radius 1 is 1.18 bits per heavy atom. The Bertz CT molecular complexity index is 249. The van der Waals surface area contributed by atoms with Crippen LogP contribution in [0.15, 0.2) is 0 Å². The molecule has 0 amide bonds. The first kappa shape index (κ1) is 15.7. The lowest BCUT2D eigenvalue weighted by atomic mass is 10.4. The van der Waals surface area contributed by atoms with Gasteiger partial charge in [0.2, 0.25) is 0 Å². The van der Waals surface area contributed by atoms with Crippen molar-refractivity contribution in [2.45, 2.75) is 33.1 Å². The summed E-state index contributed by atoms with van der Waals surface area (Å²) in [6, 6.07) is 0. The summed E-state index contributed by atoms with van der Waals surface area (Å²) in [5, 5.41) is 16.7. The first-order chi connectivity index (χ1) is 8.24. The highest BCUT2D eigenvalue weighted by atomic mass is 16.5. The molecule has 0 aromatic rings. The Morgan fingerprint density at radius 2 is 1.76 bits per heavy atom. The van der Waals surface area contributed by atoms with Gasteiger partial charge in [0.1, 0.15) is 0 Å². The number of likely N-dealkylation sites (tertiary alicyclic amines) is 1. The second-order valence-electron chi connectivity index (χ2n) is 4.20. The molecule has 0 atom stereocenters. The zero-order valence-electron chi connectivity index (χ0n) is 10.9. The second-order valence-corrected chi connectivity index (χ2v) is 4.20. The predicted octanol–water partition coefficient (Wildman–Crippen LogP) is 1.54. The van der Waals surface area contributed by atoms with Gasteiger partial charge in [-0.15, -0.1) is 0 Å². The van der Waals surface area contributed by atoms with Crippen LogP contribution in [0.4, 0.5) is 0 Å². The summed E-state index contributed by atoms with van der Waals surface area (Å²) in [6.07, 6.45) is 6.74. The number of nitrogens with one attached hydrogen (secondary N) is 1. The van der Waals surface area contributed by atoms with Gasteiger partial charge < -0.3 is 9.22 Å². The molecule has 5 heteroatoms.